The fourth-order valence-electron chi connectivity index (χ4n) is 4.07. The van der Waals surface area contributed by atoms with Crippen molar-refractivity contribution in [2.24, 2.45) is 0 Å². The lowest BCUT2D eigenvalue weighted by molar-refractivity contribution is 0.0696. The van der Waals surface area contributed by atoms with E-state index in [1.807, 2.05) is 48.5 Å². The van der Waals surface area contributed by atoms with Gasteiger partial charge in [0.25, 0.3) is 0 Å². The Morgan fingerprint density at radius 3 is 2.06 bits per heavy atom. The number of carboxylic acids is 1. The molecule has 4 aromatic rings. The van der Waals surface area contributed by atoms with Crippen molar-refractivity contribution in [3.63, 3.8) is 0 Å². The lowest BCUT2D eigenvalue weighted by Crippen LogP contribution is -2.35. The summed E-state index contributed by atoms with van der Waals surface area (Å²) in [5.41, 5.74) is 3.38. The number of carboxylic acid groups (broad SMARTS) is 1. The average Bonchev–Trinajstić information content (AvgIpc) is 2.88. The van der Waals surface area contributed by atoms with Crippen molar-refractivity contribution < 1.29 is 14.3 Å². The van der Waals surface area contributed by atoms with Crippen LogP contribution in [0.2, 0.25) is 0 Å². The van der Waals surface area contributed by atoms with Gasteiger partial charge in [-0.2, -0.15) is 0 Å². The van der Waals surface area contributed by atoms with Gasteiger partial charge in [-0.05, 0) is 47.4 Å². The van der Waals surface area contributed by atoms with Crippen LogP contribution in [0.25, 0.3) is 6.08 Å². The maximum atomic E-state index is 14.7. The molecule has 0 aliphatic heterocycles. The Hall–Kier alpha value is -4.09. The molecule has 0 bridgehead atoms. The molecule has 1 unspecified atom stereocenters. The molecule has 0 saturated carbocycles. The van der Waals surface area contributed by atoms with Gasteiger partial charge in [0.05, 0.1) is 11.3 Å². The number of benzene rings is 3. The van der Waals surface area contributed by atoms with Crippen molar-refractivity contribution in [3.05, 3.63) is 143 Å². The van der Waals surface area contributed by atoms with E-state index in [4.69, 9.17) is 0 Å². The molecule has 4 nitrogen and oxygen atoms in total. The number of aromatic nitrogens is 1. The lowest BCUT2D eigenvalue weighted by Gasteiger charge is -2.30. The zero-order valence-corrected chi connectivity index (χ0v) is 19.3. The molecule has 0 aliphatic rings. The maximum absolute atomic E-state index is 14.7. The van der Waals surface area contributed by atoms with Crippen LogP contribution >= 0.6 is 0 Å². The number of rotatable bonds is 10. The second-order valence-electron chi connectivity index (χ2n) is 8.34. The van der Waals surface area contributed by atoms with Crippen molar-refractivity contribution in [2.45, 2.75) is 25.6 Å². The summed E-state index contributed by atoms with van der Waals surface area (Å²) in [6.07, 6.45) is 5.67. The van der Waals surface area contributed by atoms with Gasteiger partial charge in [-0.25, -0.2) is 9.18 Å². The fourth-order valence-corrected chi connectivity index (χ4v) is 4.07. The summed E-state index contributed by atoms with van der Waals surface area (Å²) in [5.74, 6) is -1.29. The number of hydrogen-bond donors (Lipinski definition) is 1. The summed E-state index contributed by atoms with van der Waals surface area (Å²) in [6.45, 7) is 1.29. The van der Waals surface area contributed by atoms with E-state index >= 15 is 0 Å². The van der Waals surface area contributed by atoms with Crippen LogP contribution in [0, 0.1) is 5.82 Å². The lowest BCUT2D eigenvalue weighted by atomic mass is 10.0. The fraction of sp³-hybridized carbons (Fsp3) is 0.133. The Kier molecular flexibility index (Phi) is 8.15. The van der Waals surface area contributed by atoms with Gasteiger partial charge < -0.3 is 5.11 Å². The van der Waals surface area contributed by atoms with Crippen molar-refractivity contribution >= 4 is 12.0 Å². The number of pyridine rings is 1. The van der Waals surface area contributed by atoms with Crippen LogP contribution in [0.4, 0.5) is 4.39 Å². The summed E-state index contributed by atoms with van der Waals surface area (Å²) in [6, 6.07) is 30.0. The van der Waals surface area contributed by atoms with Crippen molar-refractivity contribution in [2.75, 3.05) is 0 Å². The molecule has 4 rings (SSSR count). The first-order valence-corrected chi connectivity index (χ1v) is 11.5. The Morgan fingerprint density at radius 1 is 0.857 bits per heavy atom. The molecule has 0 aliphatic carbocycles. The maximum Gasteiger partial charge on any atom is 0.337 e. The highest BCUT2D eigenvalue weighted by Crippen LogP contribution is 2.21. The number of hydrogen-bond acceptors (Lipinski definition) is 3. The van der Waals surface area contributed by atoms with Crippen LogP contribution in [0.15, 0.2) is 109 Å². The highest BCUT2D eigenvalue weighted by molar-refractivity contribution is 5.91. The molecule has 35 heavy (non-hydrogen) atoms. The van der Waals surface area contributed by atoms with Gasteiger partial charge in [0.15, 0.2) is 0 Å². The van der Waals surface area contributed by atoms with E-state index in [1.54, 1.807) is 30.5 Å². The third-order valence-electron chi connectivity index (χ3n) is 5.86. The normalized spacial score (nSPS) is 12.2. The standard InChI is InChI=1S/C30H27FN2O2/c31-28-16-8-7-14-25(28)20-26(17-18-29-27(30(34)35)15-9-19-32-29)33(21-23-10-3-1-4-11-23)22-24-12-5-2-6-13-24/h1-19,26H,20-22H2,(H,34,35). The van der Waals surface area contributed by atoms with Gasteiger partial charge in [-0.1, -0.05) is 84.9 Å². The highest BCUT2D eigenvalue weighted by Gasteiger charge is 2.20. The molecule has 0 saturated heterocycles. The zero-order valence-electron chi connectivity index (χ0n) is 19.3. The molecule has 1 atom stereocenters. The number of carbonyl (C=O) groups is 1. The van der Waals surface area contributed by atoms with Crippen molar-refractivity contribution in [3.8, 4) is 0 Å². The Bertz CT molecular complexity index is 1230. The van der Waals surface area contributed by atoms with Crippen LogP contribution in [0.5, 0.6) is 0 Å². The second-order valence-corrected chi connectivity index (χ2v) is 8.34. The number of halogens is 1. The zero-order chi connectivity index (χ0) is 24.5. The smallest absolute Gasteiger partial charge is 0.337 e. The summed E-state index contributed by atoms with van der Waals surface area (Å²) in [4.78, 5) is 18.2. The highest BCUT2D eigenvalue weighted by atomic mass is 19.1. The Balaban J connectivity index is 1.73. The van der Waals surface area contributed by atoms with Crippen LogP contribution < -0.4 is 0 Å². The van der Waals surface area contributed by atoms with E-state index in [1.165, 1.54) is 12.1 Å². The molecule has 3 aromatic carbocycles. The molecule has 176 valence electrons. The SMILES string of the molecule is O=C(O)c1cccnc1C=CC(Cc1ccccc1F)N(Cc1ccccc1)Cc1ccccc1. The predicted molar refractivity (Wildman–Crippen MR) is 136 cm³/mol. The summed E-state index contributed by atoms with van der Waals surface area (Å²) < 4.78 is 14.7. The molecule has 0 spiro atoms. The van der Waals surface area contributed by atoms with E-state index in [-0.39, 0.29) is 17.4 Å². The second kappa shape index (κ2) is 11.9. The Morgan fingerprint density at radius 2 is 1.46 bits per heavy atom. The van der Waals surface area contributed by atoms with E-state index in [0.717, 1.165) is 11.1 Å². The van der Waals surface area contributed by atoms with Crippen molar-refractivity contribution in [1.29, 1.82) is 0 Å². The topological polar surface area (TPSA) is 53.4 Å². The van der Waals surface area contributed by atoms with Crippen molar-refractivity contribution in [1.82, 2.24) is 9.88 Å². The van der Waals surface area contributed by atoms with Gasteiger partial charge >= 0.3 is 5.97 Å². The van der Waals surface area contributed by atoms with E-state index in [2.05, 4.69) is 34.1 Å². The summed E-state index contributed by atoms with van der Waals surface area (Å²) in [5, 5.41) is 9.57. The van der Waals surface area contributed by atoms with Gasteiger partial charge in [-0.15, -0.1) is 0 Å². The minimum Gasteiger partial charge on any atom is -0.478 e. The molecule has 5 heteroatoms. The van der Waals surface area contributed by atoms with Crippen LogP contribution in [-0.2, 0) is 19.5 Å². The first-order valence-electron chi connectivity index (χ1n) is 11.5. The third kappa shape index (κ3) is 6.71. The summed E-state index contributed by atoms with van der Waals surface area (Å²) >= 11 is 0. The molecule has 1 N–H and O–H groups in total. The Labute approximate surface area is 205 Å². The van der Waals surface area contributed by atoms with Crippen LogP contribution in [0.1, 0.15) is 32.7 Å². The largest absolute Gasteiger partial charge is 0.478 e. The molecule has 1 heterocycles. The van der Waals surface area contributed by atoms with Gasteiger partial charge in [0, 0.05) is 25.3 Å². The molecular formula is C30H27FN2O2. The van der Waals surface area contributed by atoms with Crippen LogP contribution in [0.3, 0.4) is 0 Å². The van der Waals surface area contributed by atoms with E-state index in [0.29, 0.717) is 30.8 Å². The van der Waals surface area contributed by atoms with Crippen LogP contribution in [-0.4, -0.2) is 27.0 Å². The number of aromatic carboxylic acids is 1. The molecule has 0 radical (unpaired) electrons. The molecule has 0 fully saturated rings. The molecule has 0 amide bonds. The van der Waals surface area contributed by atoms with Gasteiger partial charge in [-0.3, -0.25) is 9.88 Å². The van der Waals surface area contributed by atoms with E-state index in [9.17, 15) is 14.3 Å². The summed E-state index contributed by atoms with van der Waals surface area (Å²) in [7, 11) is 0. The average molecular weight is 467 g/mol. The minimum absolute atomic E-state index is 0.131. The minimum atomic E-state index is -1.03. The van der Waals surface area contributed by atoms with E-state index < -0.39 is 5.97 Å². The monoisotopic (exact) mass is 466 g/mol. The number of nitrogens with zero attached hydrogens (tertiary/aromatic N) is 2. The third-order valence-corrected chi connectivity index (χ3v) is 5.86. The molecule has 1 aromatic heterocycles. The first-order chi connectivity index (χ1) is 17.1. The predicted octanol–water partition coefficient (Wildman–Crippen LogP) is 6.25. The quantitative estimate of drug-likeness (QED) is 0.300. The first kappa shape index (κ1) is 24.0. The van der Waals surface area contributed by atoms with Gasteiger partial charge in [0.2, 0.25) is 0 Å². The molecular weight excluding hydrogens is 439 g/mol. The van der Waals surface area contributed by atoms with Gasteiger partial charge in [0.1, 0.15) is 5.82 Å².